The van der Waals surface area contributed by atoms with Gasteiger partial charge in [0.1, 0.15) is 5.94 Å². The van der Waals surface area contributed by atoms with Gasteiger partial charge in [-0.25, -0.2) is 4.79 Å². The van der Waals surface area contributed by atoms with Crippen molar-refractivity contribution >= 4 is 5.94 Å². The zero-order chi connectivity index (χ0) is 37.0. The molecule has 0 heterocycles. The molecule has 0 saturated carbocycles. The summed E-state index contributed by atoms with van der Waals surface area (Å²) in [7, 11) is 1.00. The highest BCUT2D eigenvalue weighted by molar-refractivity contribution is 5.38. The Kier molecular flexibility index (Phi) is 61.1. The average Bonchev–Trinajstić information content (AvgIpc) is 3.13. The van der Waals surface area contributed by atoms with Gasteiger partial charge >= 0.3 is 0 Å². The number of carbonyl (C=O) groups excluding carboxylic acids is 1. The summed E-state index contributed by atoms with van der Waals surface area (Å²) in [6.07, 6.45) is 11.7. The molecule has 46 heavy (non-hydrogen) atoms. The first-order valence-electron chi connectivity index (χ1n) is 17.1. The molecule has 0 atom stereocenters. The largest absolute Gasteiger partial charge is 0.400 e. The zero-order valence-electron chi connectivity index (χ0n) is 31.9. The predicted molar refractivity (Wildman–Crippen MR) is 210 cm³/mol. The van der Waals surface area contributed by atoms with Gasteiger partial charge in [-0.2, -0.15) is 0 Å². The van der Waals surface area contributed by atoms with Crippen LogP contribution in [-0.4, -0.2) is 18.2 Å². The van der Waals surface area contributed by atoms with E-state index in [-0.39, 0.29) is 0 Å². The predicted octanol–water partition coefficient (Wildman–Crippen LogP) is 10.3. The average molecular weight is 637 g/mol. The minimum absolute atomic E-state index is 0.647. The SMILES string of the molecule is C#CCc1cccc(CC)c1.C=C=O.CC.CC.CC.CCC.CCCc1cccc(CN)c1.CCc1cccc(CN)c1.CO. The number of aliphatic hydroxyl groups is 1. The molecule has 3 aromatic carbocycles. The van der Waals surface area contributed by atoms with Crippen LogP contribution in [0.1, 0.15) is 122 Å². The maximum absolute atomic E-state index is 8.57. The number of aryl methyl sites for hydroxylation is 3. The molecule has 3 aromatic rings. The van der Waals surface area contributed by atoms with Crippen LogP contribution in [0, 0.1) is 12.3 Å². The van der Waals surface area contributed by atoms with Crippen LogP contribution < -0.4 is 11.5 Å². The Bertz CT molecular complexity index is 1030. The highest BCUT2D eigenvalue weighted by Crippen LogP contribution is 2.07. The molecule has 0 radical (unpaired) electrons. The second-order valence-electron chi connectivity index (χ2n) is 8.56. The van der Waals surface area contributed by atoms with E-state index in [4.69, 9.17) is 27.8 Å². The minimum Gasteiger partial charge on any atom is -0.400 e. The van der Waals surface area contributed by atoms with Crippen molar-refractivity contribution in [3.63, 3.8) is 0 Å². The highest BCUT2D eigenvalue weighted by atomic mass is 16.2. The van der Waals surface area contributed by atoms with E-state index in [9.17, 15) is 0 Å². The molecule has 4 heteroatoms. The van der Waals surface area contributed by atoms with Crippen LogP contribution in [0.2, 0.25) is 0 Å². The fraction of sp³-hybridized carbons (Fsp3) is 0.476. The van der Waals surface area contributed by atoms with Crippen molar-refractivity contribution < 1.29 is 9.90 Å². The van der Waals surface area contributed by atoms with E-state index in [0.717, 1.165) is 32.8 Å². The van der Waals surface area contributed by atoms with E-state index in [1.807, 2.05) is 41.5 Å². The van der Waals surface area contributed by atoms with E-state index in [2.05, 4.69) is 120 Å². The summed E-state index contributed by atoms with van der Waals surface area (Å²) in [5.74, 6) is 3.89. The summed E-state index contributed by atoms with van der Waals surface area (Å²) < 4.78 is 0. The summed E-state index contributed by atoms with van der Waals surface area (Å²) in [6.45, 7) is 26.7. The molecule has 4 nitrogen and oxygen atoms in total. The summed E-state index contributed by atoms with van der Waals surface area (Å²) >= 11 is 0. The van der Waals surface area contributed by atoms with Crippen molar-refractivity contribution in [3.05, 3.63) is 113 Å². The van der Waals surface area contributed by atoms with Gasteiger partial charge in [-0.1, -0.05) is 162 Å². The summed E-state index contributed by atoms with van der Waals surface area (Å²) in [6, 6.07) is 25.3. The molecule has 0 saturated heterocycles. The van der Waals surface area contributed by atoms with Gasteiger partial charge in [0.15, 0.2) is 0 Å². The second kappa shape index (κ2) is 51.1. The van der Waals surface area contributed by atoms with Gasteiger partial charge in [-0.3, -0.25) is 0 Å². The topological polar surface area (TPSA) is 89.3 Å². The first-order valence-corrected chi connectivity index (χ1v) is 17.1. The molecule has 0 unspecified atom stereocenters. The lowest BCUT2D eigenvalue weighted by Crippen LogP contribution is -1.96. The summed E-state index contributed by atoms with van der Waals surface area (Å²) in [4.78, 5) is 8.57. The van der Waals surface area contributed by atoms with Crippen molar-refractivity contribution in [1.82, 2.24) is 0 Å². The number of hydrogen-bond acceptors (Lipinski definition) is 4. The lowest BCUT2D eigenvalue weighted by molar-refractivity contribution is 0.399. The Morgan fingerprint density at radius 2 is 0.913 bits per heavy atom. The Balaban J connectivity index is -0.000000109. The fourth-order valence-electron chi connectivity index (χ4n) is 3.25. The van der Waals surface area contributed by atoms with Gasteiger partial charge in [-0.05, 0) is 59.2 Å². The van der Waals surface area contributed by atoms with E-state index in [0.29, 0.717) is 13.1 Å². The maximum Gasteiger partial charge on any atom is 0.116 e. The molecule has 0 spiro atoms. The van der Waals surface area contributed by atoms with Crippen molar-refractivity contribution in [2.75, 3.05) is 7.11 Å². The number of aliphatic hydroxyl groups excluding tert-OH is 1. The van der Waals surface area contributed by atoms with Gasteiger partial charge in [0.2, 0.25) is 0 Å². The van der Waals surface area contributed by atoms with Crippen LogP contribution in [0.3, 0.4) is 0 Å². The highest BCUT2D eigenvalue weighted by Gasteiger charge is 1.92. The molecule has 0 aliphatic carbocycles. The Morgan fingerprint density at radius 1 is 0.630 bits per heavy atom. The monoisotopic (exact) mass is 637 g/mol. The third-order valence-corrected chi connectivity index (χ3v) is 5.11. The summed E-state index contributed by atoms with van der Waals surface area (Å²) in [5.41, 5.74) is 18.8. The van der Waals surface area contributed by atoms with Gasteiger partial charge in [0, 0.05) is 26.6 Å². The molecule has 0 amide bonds. The van der Waals surface area contributed by atoms with E-state index >= 15 is 0 Å². The molecule has 262 valence electrons. The minimum atomic E-state index is 0.647. The second-order valence-corrected chi connectivity index (χ2v) is 8.56. The molecule has 5 N–H and O–H groups in total. The van der Waals surface area contributed by atoms with Gasteiger partial charge in [-0.15, -0.1) is 12.3 Å². The third-order valence-electron chi connectivity index (χ3n) is 5.11. The van der Waals surface area contributed by atoms with Crippen LogP contribution in [0.15, 0.2) is 79.4 Å². The number of nitrogens with two attached hydrogens (primary N) is 2. The molecule has 0 aliphatic heterocycles. The normalized spacial score (nSPS) is 7.78. The van der Waals surface area contributed by atoms with Gasteiger partial charge in [0.25, 0.3) is 0 Å². The van der Waals surface area contributed by atoms with Gasteiger partial charge < -0.3 is 16.6 Å². The van der Waals surface area contributed by atoms with E-state index in [1.54, 1.807) is 0 Å². The number of hydrogen-bond donors (Lipinski definition) is 3. The van der Waals surface area contributed by atoms with Crippen molar-refractivity contribution in [2.45, 2.75) is 128 Å². The first-order chi connectivity index (χ1) is 22.4. The van der Waals surface area contributed by atoms with Crippen molar-refractivity contribution in [1.29, 1.82) is 0 Å². The number of benzene rings is 3. The van der Waals surface area contributed by atoms with Crippen LogP contribution >= 0.6 is 0 Å². The van der Waals surface area contributed by atoms with Crippen molar-refractivity contribution in [3.8, 4) is 12.3 Å². The van der Waals surface area contributed by atoms with Crippen LogP contribution in [0.25, 0.3) is 0 Å². The van der Waals surface area contributed by atoms with E-state index in [1.165, 1.54) is 52.2 Å². The van der Waals surface area contributed by atoms with Crippen LogP contribution in [-0.2, 0) is 43.6 Å². The van der Waals surface area contributed by atoms with Crippen molar-refractivity contribution in [2.24, 2.45) is 11.5 Å². The molecular weight excluding hydrogens is 564 g/mol. The summed E-state index contributed by atoms with van der Waals surface area (Å²) in [5, 5.41) is 7.00. The third kappa shape index (κ3) is 38.6. The van der Waals surface area contributed by atoms with Crippen LogP contribution in [0.4, 0.5) is 0 Å². The standard InChI is InChI=1S/C11H12.C10H15N.C9H13N.C3H8.C2H2O.3C2H6.CH4O/c1-3-6-11-8-5-7-10(4-2)9-11;1-2-4-9-5-3-6-10(7-9)8-11;1-2-8-4-3-5-9(6-8)7-10;1-3-2;1-2-3;4*1-2/h1,5,7-9H,4,6H2,2H3;3,5-7H,2,4,8,11H2,1H3;3-6H,2,7,10H2,1H3;3H2,1-2H3;1H2;3*1-2H3;2H,1H3. The molecular formula is C42H72N2O2. The number of terminal acetylenes is 1. The lowest BCUT2D eigenvalue weighted by Gasteiger charge is -2.00. The maximum atomic E-state index is 8.57. The lowest BCUT2D eigenvalue weighted by atomic mass is 10.1. The molecule has 0 fully saturated rings. The fourth-order valence-corrected chi connectivity index (χ4v) is 3.25. The molecule has 0 aromatic heterocycles. The first kappa shape index (κ1) is 55.0. The quantitative estimate of drug-likeness (QED) is 0.178. The van der Waals surface area contributed by atoms with Gasteiger partial charge in [0.05, 0.1) is 0 Å². The van der Waals surface area contributed by atoms with E-state index < -0.39 is 0 Å². The Hall–Kier alpha value is -3.45. The zero-order valence-corrected chi connectivity index (χ0v) is 31.9. The Labute approximate surface area is 286 Å². The molecule has 0 bridgehead atoms. The number of rotatable bonds is 7. The smallest absolute Gasteiger partial charge is 0.116 e. The molecule has 0 aliphatic rings. The molecule has 3 rings (SSSR count). The Morgan fingerprint density at radius 3 is 1.22 bits per heavy atom. The van der Waals surface area contributed by atoms with Crippen LogP contribution in [0.5, 0.6) is 0 Å².